The largest absolute Gasteiger partial charge is 0.466 e. The maximum atomic E-state index is 11.7. The molecule has 0 aromatic carbocycles. The van der Waals surface area contributed by atoms with E-state index in [0.717, 1.165) is 83.5 Å². The summed E-state index contributed by atoms with van der Waals surface area (Å²) in [6, 6.07) is 0. The first kappa shape index (κ1) is 145. The lowest BCUT2D eigenvalue weighted by Gasteiger charge is -2.24. The summed E-state index contributed by atoms with van der Waals surface area (Å²) >= 11 is 0. The first-order valence-corrected chi connectivity index (χ1v) is 46.1. The highest BCUT2D eigenvalue weighted by molar-refractivity contribution is 5.87. The third kappa shape index (κ3) is 82.5. The number of methoxy groups -OCH3 is 1. The standard InChI is InChI=1S/C12H22O4.C11H18O4.2C11H20O4.2C10H18O4.2C9H16O4.C8H14O4.C7H12O4/c1-5-6-7-8-9-15-11(14)12(3,4)16-10(2)13;1-8(12)15-11(2,3)10(13)14-9-6-4-5-7-9;1-8(2)6-7-14-10(13)11(4,5)15-9(3)12;1-6-8(2)7-14-10(13)11(4,5)15-9(3)12;1-7(2)6-13-9(12)10(4,5)14-8(3)11;1-5-6-7-13-9(12)10(3,4)14-8(2)11;1-6(2)12-8(11)9(4,5)13-7(3)10;1-5-6-12-8(11)9(3,4)13-7(2)10;1-5-11-7(10)8(3,4)12-6(2)9;1-5(8)11-7(2,3)6(9)10-4/h5-9H2,1-4H3;9H,4-7H2,1-3H3;2*8H,6-7H2,1-5H3;7H,6H2,1-5H3;5-7H2,1-4H3;6H,1-5H3;5-6H2,1-4H3;5H2,1-4H3;1-4H3. The summed E-state index contributed by atoms with van der Waals surface area (Å²) in [6.45, 7) is 68.5. The van der Waals surface area contributed by atoms with Crippen LogP contribution in [0.3, 0.4) is 0 Å². The topological polar surface area (TPSA) is 526 Å². The third-order valence-corrected chi connectivity index (χ3v) is 16.4. The number of carbonyl (C=O) groups excluding carboxylic acids is 20. The van der Waals surface area contributed by atoms with Crippen LogP contribution in [0.2, 0.25) is 0 Å². The second-order valence-electron chi connectivity index (χ2n) is 37.3. The van der Waals surface area contributed by atoms with Gasteiger partial charge in [0.1, 0.15) is 6.10 Å². The van der Waals surface area contributed by atoms with E-state index in [0.29, 0.717) is 51.5 Å². The SMILES string of the molecule is CC(=O)OC(C)(C)C(=O)OC(C)C.CC(=O)OC(C)(C)C(=O)OC1CCCC1.CC(=O)OC(C)(C)C(=O)OCC(C)C.CC(=O)OC(C)(C)C(=O)OCCC(C)C.CCC(C)COC(=O)C(C)(C)OC(C)=O.CCCCCCOC(=O)C(C)(C)OC(C)=O.CCCCOC(=O)C(C)(C)OC(C)=O.CCCOC(=O)C(C)(C)OC(C)=O.CCOC(=O)C(C)(C)OC(C)=O.COC(=O)C(C)(C)OC(C)=O. The summed E-state index contributed by atoms with van der Waals surface area (Å²) in [5.74, 6) is -8.88. The second-order valence-corrected chi connectivity index (χ2v) is 37.3. The van der Waals surface area contributed by atoms with Gasteiger partial charge in [0.2, 0.25) is 56.0 Å². The minimum atomic E-state index is -1.20. The summed E-state index contributed by atoms with van der Waals surface area (Å²) in [5, 5.41) is 0. The molecule has 1 saturated carbocycles. The van der Waals surface area contributed by atoms with Gasteiger partial charge in [-0.15, -0.1) is 0 Å². The molecule has 40 nitrogen and oxygen atoms in total. The van der Waals surface area contributed by atoms with E-state index in [1.807, 2.05) is 55.4 Å². The van der Waals surface area contributed by atoms with Gasteiger partial charge in [-0.3, -0.25) is 47.9 Å². The molecule has 1 atom stereocenters. The molecule has 1 fully saturated rings. The summed E-state index contributed by atoms with van der Waals surface area (Å²) in [6.07, 6.45) is 12.3. The minimum absolute atomic E-state index is 0.00679. The van der Waals surface area contributed by atoms with E-state index in [4.69, 9.17) is 85.3 Å². The van der Waals surface area contributed by atoms with Gasteiger partial charge in [-0.1, -0.05) is 94.4 Å². The molecule has 806 valence electrons. The Morgan fingerprint density at radius 2 is 0.507 bits per heavy atom. The van der Waals surface area contributed by atoms with Crippen molar-refractivity contribution in [2.75, 3.05) is 53.4 Å². The molecule has 0 saturated heterocycles. The molecule has 0 radical (unpaired) electrons. The lowest BCUT2D eigenvalue weighted by atomic mass is 10.1. The Labute approximate surface area is 820 Å². The van der Waals surface area contributed by atoms with Crippen molar-refractivity contribution >= 4 is 119 Å². The number of rotatable bonds is 41. The fourth-order valence-corrected chi connectivity index (χ4v) is 9.42. The van der Waals surface area contributed by atoms with Crippen molar-refractivity contribution in [2.45, 2.75) is 442 Å². The zero-order chi connectivity index (χ0) is 111. The van der Waals surface area contributed by atoms with E-state index in [1.165, 1.54) is 201 Å². The molecule has 1 unspecified atom stereocenters. The first-order chi connectivity index (χ1) is 62.5. The summed E-state index contributed by atoms with van der Waals surface area (Å²) in [5.41, 5.74) is -11.9. The van der Waals surface area contributed by atoms with Crippen LogP contribution >= 0.6 is 0 Å². The number of esters is 20. The predicted octanol–water partition coefficient (Wildman–Crippen LogP) is 15.3. The predicted molar refractivity (Wildman–Crippen MR) is 506 cm³/mol. The van der Waals surface area contributed by atoms with Crippen molar-refractivity contribution in [3.8, 4) is 0 Å². The third-order valence-electron chi connectivity index (χ3n) is 16.4. The Hall–Kier alpha value is -10.6. The zero-order valence-corrected chi connectivity index (χ0v) is 91.4. The van der Waals surface area contributed by atoms with Crippen LogP contribution in [0.1, 0.15) is 374 Å². The van der Waals surface area contributed by atoms with Crippen LogP contribution < -0.4 is 0 Å². The Balaban J connectivity index is -0.000000192. The molecular formula is C98H174O40. The van der Waals surface area contributed by atoms with Gasteiger partial charge in [-0.2, -0.15) is 0 Å². The molecule has 1 aliphatic carbocycles. The Morgan fingerprint density at radius 1 is 0.261 bits per heavy atom. The monoisotopic (exact) mass is 1990 g/mol. The lowest BCUT2D eigenvalue weighted by molar-refractivity contribution is -0.180. The number of ether oxygens (including phenoxy) is 20. The molecular weight excluding hydrogens is 1820 g/mol. The average molecular weight is 1990 g/mol. The number of unbranched alkanes of at least 4 members (excludes halogenated alkanes) is 4. The van der Waals surface area contributed by atoms with Crippen LogP contribution in [0.4, 0.5) is 0 Å². The average Bonchev–Trinajstić information content (AvgIpc) is 1.58. The quantitative estimate of drug-likeness (QED) is 0.0312. The van der Waals surface area contributed by atoms with Crippen molar-refractivity contribution in [2.24, 2.45) is 17.8 Å². The fourth-order valence-electron chi connectivity index (χ4n) is 9.42. The highest BCUT2D eigenvalue weighted by atomic mass is 16.7. The van der Waals surface area contributed by atoms with Crippen LogP contribution in [0.25, 0.3) is 0 Å². The van der Waals surface area contributed by atoms with Gasteiger partial charge in [0, 0.05) is 69.2 Å². The van der Waals surface area contributed by atoms with Crippen LogP contribution in [0, 0.1) is 17.8 Å². The lowest BCUT2D eigenvalue weighted by Crippen LogP contribution is -2.39. The molecule has 1 rings (SSSR count). The highest BCUT2D eigenvalue weighted by Crippen LogP contribution is 2.25. The highest BCUT2D eigenvalue weighted by Gasteiger charge is 2.41. The second kappa shape index (κ2) is 73.5. The van der Waals surface area contributed by atoms with Gasteiger partial charge in [0.05, 0.1) is 59.5 Å². The van der Waals surface area contributed by atoms with Crippen molar-refractivity contribution in [3.05, 3.63) is 0 Å². The summed E-state index contributed by atoms with van der Waals surface area (Å²) in [4.78, 5) is 220. The molecule has 0 aromatic heterocycles. The van der Waals surface area contributed by atoms with Crippen LogP contribution in [0.5, 0.6) is 0 Å². The Kier molecular flexibility index (Phi) is 77.4. The van der Waals surface area contributed by atoms with E-state index in [-0.39, 0.29) is 24.7 Å². The van der Waals surface area contributed by atoms with Gasteiger partial charge in [-0.25, -0.2) is 47.9 Å². The first-order valence-electron chi connectivity index (χ1n) is 46.1. The number of hydrogen-bond donors (Lipinski definition) is 0. The van der Waals surface area contributed by atoms with E-state index in [1.54, 1.807) is 34.6 Å². The van der Waals surface area contributed by atoms with Gasteiger partial charge in [-0.05, 0) is 228 Å². The molecule has 0 spiro atoms. The van der Waals surface area contributed by atoms with Gasteiger partial charge in [0.25, 0.3) is 0 Å². The Bertz CT molecular complexity index is 3690. The van der Waals surface area contributed by atoms with Gasteiger partial charge in [0.15, 0.2) is 0 Å². The maximum Gasteiger partial charge on any atom is 0.350 e. The van der Waals surface area contributed by atoms with E-state index >= 15 is 0 Å². The number of carbonyl (C=O) groups is 20. The van der Waals surface area contributed by atoms with Crippen LogP contribution in [-0.4, -0.2) is 241 Å². The molecule has 138 heavy (non-hydrogen) atoms. The van der Waals surface area contributed by atoms with Gasteiger partial charge < -0.3 is 94.7 Å². The Morgan fingerprint density at radius 3 is 0.754 bits per heavy atom. The molecule has 0 aliphatic heterocycles. The summed E-state index contributed by atoms with van der Waals surface area (Å²) < 4.78 is 97.1. The fraction of sp³-hybridized carbons (Fsp3) is 0.796. The normalized spacial score (nSPS) is 11.9. The molecule has 0 bridgehead atoms. The van der Waals surface area contributed by atoms with Crippen LogP contribution in [-0.2, 0) is 191 Å². The van der Waals surface area contributed by atoms with E-state index in [2.05, 4.69) is 16.4 Å². The molecule has 0 aromatic rings. The van der Waals surface area contributed by atoms with Crippen LogP contribution in [0.15, 0.2) is 0 Å². The van der Waals surface area contributed by atoms with Crippen molar-refractivity contribution in [3.63, 3.8) is 0 Å². The molecule has 0 amide bonds. The zero-order valence-electron chi connectivity index (χ0n) is 91.4. The van der Waals surface area contributed by atoms with Crippen molar-refractivity contribution in [1.82, 2.24) is 0 Å². The molecule has 0 N–H and O–H groups in total. The van der Waals surface area contributed by atoms with Crippen molar-refractivity contribution in [1.29, 1.82) is 0 Å². The molecule has 0 heterocycles. The van der Waals surface area contributed by atoms with E-state index in [9.17, 15) is 95.9 Å². The molecule has 40 heteroatoms. The molecule has 1 aliphatic rings. The summed E-state index contributed by atoms with van der Waals surface area (Å²) in [7, 11) is 1.24. The minimum Gasteiger partial charge on any atom is -0.466 e. The maximum absolute atomic E-state index is 11.7. The van der Waals surface area contributed by atoms with Crippen molar-refractivity contribution < 1.29 is 191 Å². The smallest absolute Gasteiger partial charge is 0.350 e. The van der Waals surface area contributed by atoms with E-state index < -0.39 is 175 Å². The number of hydrogen-bond acceptors (Lipinski definition) is 40. The van der Waals surface area contributed by atoms with Gasteiger partial charge >= 0.3 is 119 Å².